The fourth-order valence-electron chi connectivity index (χ4n) is 2.99. The van der Waals surface area contributed by atoms with Crippen LogP contribution in [0.5, 0.6) is 11.5 Å². The molecular formula is C21H23FN4O3. The van der Waals surface area contributed by atoms with Gasteiger partial charge in [-0.2, -0.15) is 0 Å². The molecule has 8 heteroatoms. The predicted octanol–water partition coefficient (Wildman–Crippen LogP) is 3.17. The SMILES string of the molecule is COc1ccc(CNC(=O)NC(c2cccc(F)c2)c2nccn2C)cc1OC. The summed E-state index contributed by atoms with van der Waals surface area (Å²) in [6, 6.07) is 10.5. The molecule has 152 valence electrons. The molecular weight excluding hydrogens is 375 g/mol. The number of ether oxygens (including phenoxy) is 2. The number of benzene rings is 2. The van der Waals surface area contributed by atoms with Gasteiger partial charge in [-0.15, -0.1) is 0 Å². The highest BCUT2D eigenvalue weighted by Gasteiger charge is 2.21. The van der Waals surface area contributed by atoms with Crippen molar-refractivity contribution in [1.29, 1.82) is 0 Å². The van der Waals surface area contributed by atoms with Crippen molar-refractivity contribution in [1.82, 2.24) is 20.2 Å². The van der Waals surface area contributed by atoms with Crippen LogP contribution in [-0.4, -0.2) is 29.8 Å². The largest absolute Gasteiger partial charge is 0.493 e. The summed E-state index contributed by atoms with van der Waals surface area (Å²) in [4.78, 5) is 16.9. The van der Waals surface area contributed by atoms with E-state index in [9.17, 15) is 9.18 Å². The van der Waals surface area contributed by atoms with Crippen LogP contribution in [0.1, 0.15) is 23.0 Å². The number of hydrogen-bond acceptors (Lipinski definition) is 4. The smallest absolute Gasteiger partial charge is 0.315 e. The molecule has 3 aromatic rings. The number of carbonyl (C=O) groups is 1. The molecule has 0 aliphatic rings. The standard InChI is InChI=1S/C21H23FN4O3/c1-26-10-9-23-20(26)19(15-5-4-6-16(22)12-15)25-21(27)24-13-14-7-8-17(28-2)18(11-14)29-3/h4-12,19H,13H2,1-3H3,(H2,24,25,27). The van der Waals surface area contributed by atoms with E-state index in [0.717, 1.165) is 5.56 Å². The number of halogens is 1. The summed E-state index contributed by atoms with van der Waals surface area (Å²) in [6.45, 7) is 0.280. The zero-order valence-corrected chi connectivity index (χ0v) is 16.5. The van der Waals surface area contributed by atoms with Crippen LogP contribution in [0.2, 0.25) is 0 Å². The average Bonchev–Trinajstić information content (AvgIpc) is 3.15. The molecule has 1 atom stereocenters. The van der Waals surface area contributed by atoms with Crippen molar-refractivity contribution in [3.8, 4) is 11.5 Å². The second kappa shape index (κ2) is 9.09. The van der Waals surface area contributed by atoms with Gasteiger partial charge in [0, 0.05) is 26.0 Å². The Kier molecular flexibility index (Phi) is 6.33. The van der Waals surface area contributed by atoms with Crippen LogP contribution in [0.25, 0.3) is 0 Å². The van der Waals surface area contributed by atoms with E-state index >= 15 is 0 Å². The molecule has 0 aliphatic heterocycles. The van der Waals surface area contributed by atoms with Gasteiger partial charge in [0.25, 0.3) is 0 Å². The topological polar surface area (TPSA) is 77.4 Å². The van der Waals surface area contributed by atoms with Gasteiger partial charge in [-0.1, -0.05) is 18.2 Å². The van der Waals surface area contributed by atoms with E-state index in [4.69, 9.17) is 9.47 Å². The molecule has 0 fully saturated rings. The Bertz CT molecular complexity index is 990. The van der Waals surface area contributed by atoms with E-state index in [-0.39, 0.29) is 12.4 Å². The number of aryl methyl sites for hydroxylation is 1. The van der Waals surface area contributed by atoms with E-state index in [1.54, 1.807) is 55.4 Å². The quantitative estimate of drug-likeness (QED) is 0.641. The molecule has 3 rings (SSSR count). The summed E-state index contributed by atoms with van der Waals surface area (Å²) in [6.07, 6.45) is 3.40. The molecule has 2 amide bonds. The molecule has 1 aromatic heterocycles. The average molecular weight is 398 g/mol. The monoisotopic (exact) mass is 398 g/mol. The Balaban J connectivity index is 1.73. The summed E-state index contributed by atoms with van der Waals surface area (Å²) in [7, 11) is 4.93. The minimum atomic E-state index is -0.601. The van der Waals surface area contributed by atoms with Crippen molar-refractivity contribution in [2.75, 3.05) is 14.2 Å². The Hall–Kier alpha value is -3.55. The van der Waals surface area contributed by atoms with Crippen LogP contribution < -0.4 is 20.1 Å². The number of carbonyl (C=O) groups excluding carboxylic acids is 1. The zero-order chi connectivity index (χ0) is 20.8. The highest BCUT2D eigenvalue weighted by Crippen LogP contribution is 2.27. The van der Waals surface area contributed by atoms with Gasteiger partial charge < -0.3 is 24.7 Å². The maximum Gasteiger partial charge on any atom is 0.315 e. The Labute approximate surface area is 168 Å². The molecule has 0 saturated heterocycles. The third kappa shape index (κ3) is 4.84. The minimum Gasteiger partial charge on any atom is -0.493 e. The summed E-state index contributed by atoms with van der Waals surface area (Å²) in [5, 5.41) is 5.68. The summed E-state index contributed by atoms with van der Waals surface area (Å²) >= 11 is 0. The lowest BCUT2D eigenvalue weighted by Gasteiger charge is -2.20. The molecule has 0 radical (unpaired) electrons. The lowest BCUT2D eigenvalue weighted by atomic mass is 10.1. The van der Waals surface area contributed by atoms with Crippen LogP contribution in [0.3, 0.4) is 0 Å². The summed E-state index contributed by atoms with van der Waals surface area (Å²) in [5.74, 6) is 1.41. The summed E-state index contributed by atoms with van der Waals surface area (Å²) < 4.78 is 26.0. The van der Waals surface area contributed by atoms with Gasteiger partial charge in [-0.3, -0.25) is 0 Å². The number of nitrogens with one attached hydrogen (secondary N) is 2. The number of nitrogens with zero attached hydrogens (tertiary/aromatic N) is 2. The molecule has 1 unspecified atom stereocenters. The first-order chi connectivity index (χ1) is 14.0. The van der Waals surface area contributed by atoms with Crippen molar-refractivity contribution >= 4 is 6.03 Å². The maximum absolute atomic E-state index is 13.7. The van der Waals surface area contributed by atoms with Crippen LogP contribution in [0.4, 0.5) is 9.18 Å². The highest BCUT2D eigenvalue weighted by molar-refractivity contribution is 5.75. The Morgan fingerprint density at radius 1 is 1.17 bits per heavy atom. The van der Waals surface area contributed by atoms with Gasteiger partial charge in [0.1, 0.15) is 17.7 Å². The minimum absolute atomic E-state index is 0.280. The van der Waals surface area contributed by atoms with E-state index < -0.39 is 12.1 Å². The van der Waals surface area contributed by atoms with E-state index in [0.29, 0.717) is 22.9 Å². The van der Waals surface area contributed by atoms with Gasteiger partial charge >= 0.3 is 6.03 Å². The number of methoxy groups -OCH3 is 2. The van der Waals surface area contributed by atoms with Crippen LogP contribution in [0, 0.1) is 5.82 Å². The van der Waals surface area contributed by atoms with Crippen molar-refractivity contribution in [2.45, 2.75) is 12.6 Å². The van der Waals surface area contributed by atoms with Gasteiger partial charge in [-0.25, -0.2) is 14.2 Å². The molecule has 7 nitrogen and oxygen atoms in total. The molecule has 0 spiro atoms. The number of amides is 2. The van der Waals surface area contributed by atoms with E-state index in [1.807, 2.05) is 13.1 Å². The van der Waals surface area contributed by atoms with Crippen molar-refractivity contribution in [3.63, 3.8) is 0 Å². The number of urea groups is 1. The molecule has 0 bridgehead atoms. The van der Waals surface area contributed by atoms with Gasteiger partial charge in [0.2, 0.25) is 0 Å². The second-order valence-electron chi connectivity index (χ2n) is 6.40. The highest BCUT2D eigenvalue weighted by atomic mass is 19.1. The van der Waals surface area contributed by atoms with Crippen molar-refractivity contribution in [3.05, 3.63) is 77.6 Å². The molecule has 0 aliphatic carbocycles. The third-order valence-electron chi connectivity index (χ3n) is 4.48. The first-order valence-electron chi connectivity index (χ1n) is 8.99. The van der Waals surface area contributed by atoms with Gasteiger partial charge in [-0.05, 0) is 35.4 Å². The first kappa shape index (κ1) is 20.2. The van der Waals surface area contributed by atoms with Crippen LogP contribution in [0.15, 0.2) is 54.9 Å². The number of aromatic nitrogens is 2. The normalized spacial score (nSPS) is 11.6. The fourth-order valence-corrected chi connectivity index (χ4v) is 2.99. The third-order valence-corrected chi connectivity index (χ3v) is 4.48. The maximum atomic E-state index is 13.7. The Morgan fingerprint density at radius 3 is 2.62 bits per heavy atom. The molecule has 0 saturated carbocycles. The van der Waals surface area contributed by atoms with Gasteiger partial charge in [0.05, 0.1) is 14.2 Å². The van der Waals surface area contributed by atoms with Crippen LogP contribution in [-0.2, 0) is 13.6 Å². The number of imidazole rings is 1. The van der Waals surface area contributed by atoms with Crippen molar-refractivity contribution < 1.29 is 18.7 Å². The van der Waals surface area contributed by atoms with Crippen LogP contribution >= 0.6 is 0 Å². The first-order valence-corrected chi connectivity index (χ1v) is 8.99. The molecule has 2 N–H and O–H groups in total. The number of rotatable bonds is 7. The second-order valence-corrected chi connectivity index (χ2v) is 6.40. The molecule has 29 heavy (non-hydrogen) atoms. The molecule has 1 heterocycles. The lowest BCUT2D eigenvalue weighted by Crippen LogP contribution is -2.39. The Morgan fingerprint density at radius 2 is 1.97 bits per heavy atom. The lowest BCUT2D eigenvalue weighted by molar-refractivity contribution is 0.237. The summed E-state index contributed by atoms with van der Waals surface area (Å²) in [5.41, 5.74) is 1.44. The predicted molar refractivity (Wildman–Crippen MR) is 106 cm³/mol. The number of hydrogen-bond donors (Lipinski definition) is 2. The van der Waals surface area contributed by atoms with Gasteiger partial charge in [0.15, 0.2) is 11.5 Å². The van der Waals surface area contributed by atoms with Crippen molar-refractivity contribution in [2.24, 2.45) is 7.05 Å². The van der Waals surface area contributed by atoms with E-state index in [1.165, 1.54) is 12.1 Å². The fraction of sp³-hybridized carbons (Fsp3) is 0.238. The zero-order valence-electron chi connectivity index (χ0n) is 16.5. The van der Waals surface area contributed by atoms with E-state index in [2.05, 4.69) is 15.6 Å². The molecule has 2 aromatic carbocycles.